The largest absolute Gasteiger partial charge is 0.371 e. The van der Waals surface area contributed by atoms with Crippen LogP contribution in [0.25, 0.3) is 0 Å². The number of hydrogen-bond donors (Lipinski definition) is 2. The average molecular weight is 325 g/mol. The van der Waals surface area contributed by atoms with Crippen LogP contribution in [0.4, 0.5) is 4.79 Å². The number of pyridine rings is 1. The van der Waals surface area contributed by atoms with E-state index in [9.17, 15) is 4.79 Å². The molecule has 1 aliphatic rings. The highest BCUT2D eigenvalue weighted by Crippen LogP contribution is 2.28. The van der Waals surface area contributed by atoms with Crippen molar-refractivity contribution in [2.24, 2.45) is 0 Å². The van der Waals surface area contributed by atoms with Gasteiger partial charge in [0.2, 0.25) is 0 Å². The number of carbonyl (C=O) groups excluding carboxylic acids is 1. The van der Waals surface area contributed by atoms with Crippen molar-refractivity contribution >= 4 is 6.03 Å². The fraction of sp³-hybridized carbons (Fsp3) is 0.368. The van der Waals surface area contributed by atoms with Gasteiger partial charge in [0.15, 0.2) is 0 Å². The average Bonchev–Trinajstić information content (AvgIpc) is 2.62. The zero-order valence-corrected chi connectivity index (χ0v) is 13.9. The molecule has 1 aromatic carbocycles. The Morgan fingerprint density at radius 3 is 2.88 bits per heavy atom. The van der Waals surface area contributed by atoms with Gasteiger partial charge in [-0.05, 0) is 37.0 Å². The van der Waals surface area contributed by atoms with Crippen LogP contribution in [0.3, 0.4) is 0 Å². The summed E-state index contributed by atoms with van der Waals surface area (Å²) in [6.07, 6.45) is 5.24. The summed E-state index contributed by atoms with van der Waals surface area (Å²) in [4.78, 5) is 16.3. The Morgan fingerprint density at radius 1 is 1.29 bits per heavy atom. The van der Waals surface area contributed by atoms with Crippen LogP contribution in [0.1, 0.15) is 35.6 Å². The minimum atomic E-state index is -0.175. The van der Waals surface area contributed by atoms with Gasteiger partial charge in [-0.2, -0.15) is 0 Å². The highest BCUT2D eigenvalue weighted by atomic mass is 16.5. The van der Waals surface area contributed by atoms with Crippen molar-refractivity contribution in [2.45, 2.75) is 38.5 Å². The van der Waals surface area contributed by atoms with E-state index in [4.69, 9.17) is 4.74 Å². The monoisotopic (exact) mass is 325 g/mol. The van der Waals surface area contributed by atoms with Crippen LogP contribution in [0.5, 0.6) is 0 Å². The summed E-state index contributed by atoms with van der Waals surface area (Å²) in [5.41, 5.74) is 3.30. The lowest BCUT2D eigenvalue weighted by atomic mass is 9.95. The number of nitrogens with zero attached hydrogens (tertiary/aromatic N) is 1. The number of aryl methyl sites for hydroxylation is 1. The van der Waals surface area contributed by atoms with Gasteiger partial charge in [-0.1, -0.05) is 35.9 Å². The number of amides is 2. The maximum absolute atomic E-state index is 12.2. The van der Waals surface area contributed by atoms with Crippen LogP contribution < -0.4 is 10.6 Å². The van der Waals surface area contributed by atoms with Gasteiger partial charge in [-0.25, -0.2) is 4.79 Å². The summed E-state index contributed by atoms with van der Waals surface area (Å²) in [6.45, 7) is 3.25. The maximum Gasteiger partial charge on any atom is 0.315 e. The van der Waals surface area contributed by atoms with E-state index in [1.54, 1.807) is 12.4 Å². The van der Waals surface area contributed by atoms with Crippen molar-refractivity contribution in [1.29, 1.82) is 0 Å². The first kappa shape index (κ1) is 16.5. The lowest BCUT2D eigenvalue weighted by Gasteiger charge is -2.32. The van der Waals surface area contributed by atoms with Crippen molar-refractivity contribution in [3.8, 4) is 0 Å². The minimum absolute atomic E-state index is 0.0182. The molecular formula is C19H23N3O2. The number of nitrogens with one attached hydrogen (secondary N) is 2. The van der Waals surface area contributed by atoms with Gasteiger partial charge in [0.1, 0.15) is 6.10 Å². The smallest absolute Gasteiger partial charge is 0.315 e. The number of carbonyl (C=O) groups is 1. The van der Waals surface area contributed by atoms with Crippen molar-refractivity contribution < 1.29 is 9.53 Å². The van der Waals surface area contributed by atoms with Crippen LogP contribution in [0.2, 0.25) is 0 Å². The number of ether oxygens (including phenoxy) is 1. The van der Waals surface area contributed by atoms with Crippen LogP contribution in [0, 0.1) is 6.92 Å². The molecule has 2 heterocycles. The van der Waals surface area contributed by atoms with E-state index in [1.807, 2.05) is 12.1 Å². The minimum Gasteiger partial charge on any atom is -0.371 e. The lowest BCUT2D eigenvalue weighted by molar-refractivity contribution is -0.00743. The summed E-state index contributed by atoms with van der Waals surface area (Å²) >= 11 is 0. The third-order valence-electron chi connectivity index (χ3n) is 4.22. The molecule has 24 heavy (non-hydrogen) atoms. The normalized spacial score (nSPS) is 20.4. The van der Waals surface area contributed by atoms with Crippen LogP contribution in [-0.2, 0) is 11.3 Å². The molecule has 2 aromatic rings. The van der Waals surface area contributed by atoms with Gasteiger partial charge < -0.3 is 15.4 Å². The number of rotatable bonds is 4. The van der Waals surface area contributed by atoms with E-state index in [0.29, 0.717) is 6.54 Å². The Kier molecular flexibility index (Phi) is 5.43. The molecule has 0 bridgehead atoms. The van der Waals surface area contributed by atoms with Crippen molar-refractivity contribution in [2.75, 3.05) is 6.61 Å². The molecule has 0 saturated carbocycles. The molecule has 0 spiro atoms. The number of urea groups is 1. The van der Waals surface area contributed by atoms with Crippen LogP contribution >= 0.6 is 0 Å². The third kappa shape index (κ3) is 4.32. The molecule has 2 N–H and O–H groups in total. The van der Waals surface area contributed by atoms with E-state index in [0.717, 1.165) is 30.6 Å². The first-order valence-electron chi connectivity index (χ1n) is 8.34. The fourth-order valence-electron chi connectivity index (χ4n) is 2.92. The molecule has 2 amide bonds. The summed E-state index contributed by atoms with van der Waals surface area (Å²) in [7, 11) is 0. The van der Waals surface area contributed by atoms with E-state index in [-0.39, 0.29) is 18.2 Å². The standard InChI is InChI=1S/C19H23N3O2/c1-14-6-8-16(9-7-14)18-17(5-3-11-24-18)22-19(23)21-13-15-4-2-10-20-12-15/h2,4,6-10,12,17-18H,3,5,11,13H2,1H3,(H2,21,22,23)/t17-,18+/m1/s1. The molecular weight excluding hydrogens is 302 g/mol. The molecule has 0 unspecified atom stereocenters. The number of aromatic nitrogens is 1. The molecule has 2 atom stereocenters. The second-order valence-electron chi connectivity index (χ2n) is 6.14. The molecule has 0 aliphatic carbocycles. The Balaban J connectivity index is 1.59. The Morgan fingerprint density at radius 2 is 2.12 bits per heavy atom. The van der Waals surface area contributed by atoms with Crippen molar-refractivity contribution in [1.82, 2.24) is 15.6 Å². The second-order valence-corrected chi connectivity index (χ2v) is 6.14. The van der Waals surface area contributed by atoms with Gasteiger partial charge in [0, 0.05) is 25.5 Å². The molecule has 5 heteroatoms. The quantitative estimate of drug-likeness (QED) is 0.908. The van der Waals surface area contributed by atoms with E-state index in [1.165, 1.54) is 5.56 Å². The molecule has 1 saturated heterocycles. The van der Waals surface area contributed by atoms with Gasteiger partial charge in [0.25, 0.3) is 0 Å². The van der Waals surface area contributed by atoms with Gasteiger partial charge >= 0.3 is 6.03 Å². The van der Waals surface area contributed by atoms with Crippen LogP contribution in [-0.4, -0.2) is 23.7 Å². The zero-order valence-electron chi connectivity index (χ0n) is 13.9. The summed E-state index contributed by atoms with van der Waals surface area (Å²) in [5.74, 6) is 0. The molecule has 0 radical (unpaired) electrons. The van der Waals surface area contributed by atoms with E-state index in [2.05, 4.69) is 46.8 Å². The highest BCUT2D eigenvalue weighted by Gasteiger charge is 2.28. The van der Waals surface area contributed by atoms with Crippen LogP contribution in [0.15, 0.2) is 48.8 Å². The first-order valence-corrected chi connectivity index (χ1v) is 8.34. The third-order valence-corrected chi connectivity index (χ3v) is 4.22. The zero-order chi connectivity index (χ0) is 16.8. The van der Waals surface area contributed by atoms with Crippen molar-refractivity contribution in [3.05, 3.63) is 65.5 Å². The maximum atomic E-state index is 12.2. The van der Waals surface area contributed by atoms with Gasteiger partial charge in [-0.15, -0.1) is 0 Å². The predicted octanol–water partition coefficient (Wildman–Crippen LogP) is 3.11. The summed E-state index contributed by atoms with van der Waals surface area (Å²) in [6, 6.07) is 11.9. The van der Waals surface area contributed by atoms with Crippen molar-refractivity contribution in [3.63, 3.8) is 0 Å². The van der Waals surface area contributed by atoms with E-state index < -0.39 is 0 Å². The Bertz CT molecular complexity index is 658. The fourth-order valence-corrected chi connectivity index (χ4v) is 2.92. The van der Waals surface area contributed by atoms with Gasteiger partial charge in [-0.3, -0.25) is 4.98 Å². The molecule has 1 fully saturated rings. The predicted molar refractivity (Wildman–Crippen MR) is 92.5 cm³/mol. The highest BCUT2D eigenvalue weighted by molar-refractivity contribution is 5.74. The molecule has 126 valence electrons. The molecule has 1 aliphatic heterocycles. The topological polar surface area (TPSA) is 63.2 Å². The molecule has 3 rings (SSSR count). The lowest BCUT2D eigenvalue weighted by Crippen LogP contribution is -2.46. The Labute approximate surface area is 142 Å². The summed E-state index contributed by atoms with van der Waals surface area (Å²) in [5, 5.41) is 5.94. The number of hydrogen-bond acceptors (Lipinski definition) is 3. The van der Waals surface area contributed by atoms with E-state index >= 15 is 0 Å². The molecule has 1 aromatic heterocycles. The summed E-state index contributed by atoms with van der Waals surface area (Å²) < 4.78 is 5.93. The van der Waals surface area contributed by atoms with Gasteiger partial charge in [0.05, 0.1) is 6.04 Å². The first-order chi connectivity index (χ1) is 11.7. The SMILES string of the molecule is Cc1ccc([C@@H]2OCCC[C@H]2NC(=O)NCc2cccnc2)cc1. The Hall–Kier alpha value is -2.40. The molecule has 5 nitrogen and oxygen atoms in total. The second kappa shape index (κ2) is 7.93. The number of benzene rings is 1.